The third-order valence-electron chi connectivity index (χ3n) is 4.53. The number of hydrogen-bond acceptors (Lipinski definition) is 2. The Morgan fingerprint density at radius 1 is 1.12 bits per heavy atom. The summed E-state index contributed by atoms with van der Waals surface area (Å²) in [6.07, 6.45) is 8.56. The van der Waals surface area contributed by atoms with Crippen molar-refractivity contribution in [2.75, 3.05) is 32.7 Å². The summed E-state index contributed by atoms with van der Waals surface area (Å²) in [5.41, 5.74) is 0. The Labute approximate surface area is 101 Å². The number of nitrogens with zero attached hydrogens (tertiary/aromatic N) is 1. The Bertz CT molecular complexity index is 187. The zero-order valence-corrected chi connectivity index (χ0v) is 10.9. The summed E-state index contributed by atoms with van der Waals surface area (Å²) in [6.45, 7) is 8.94. The molecule has 2 rings (SSSR count). The van der Waals surface area contributed by atoms with Gasteiger partial charge in [-0.3, -0.25) is 0 Å². The lowest BCUT2D eigenvalue weighted by atomic mass is 9.98. The zero-order chi connectivity index (χ0) is 11.2. The molecule has 94 valence electrons. The molecule has 0 bridgehead atoms. The van der Waals surface area contributed by atoms with Crippen LogP contribution in [0, 0.1) is 11.8 Å². The molecular weight excluding hydrogens is 196 g/mol. The molecular formula is C14H28N2. The predicted octanol–water partition coefficient (Wildman–Crippen LogP) is 2.50. The molecule has 2 fully saturated rings. The van der Waals surface area contributed by atoms with Crippen LogP contribution in [0.25, 0.3) is 0 Å². The molecule has 2 aliphatic heterocycles. The van der Waals surface area contributed by atoms with Gasteiger partial charge >= 0.3 is 0 Å². The molecule has 0 spiro atoms. The standard InChI is InChI=1S/C14H28N2/c1-2-13-4-3-9-16(10-6-13)11-7-14-5-8-15-12-14/h13-15H,2-12H2,1H3. The van der Waals surface area contributed by atoms with E-state index in [2.05, 4.69) is 17.1 Å². The first kappa shape index (κ1) is 12.4. The first-order chi connectivity index (χ1) is 7.88. The summed E-state index contributed by atoms with van der Waals surface area (Å²) in [5.74, 6) is 1.98. The van der Waals surface area contributed by atoms with Gasteiger partial charge in [0.15, 0.2) is 0 Å². The molecule has 0 aliphatic carbocycles. The molecule has 0 aromatic carbocycles. The molecule has 0 radical (unpaired) electrons. The summed E-state index contributed by atoms with van der Waals surface area (Å²) < 4.78 is 0. The van der Waals surface area contributed by atoms with Crippen molar-refractivity contribution in [2.45, 2.75) is 45.4 Å². The molecule has 0 aromatic heterocycles. The summed E-state index contributed by atoms with van der Waals surface area (Å²) in [7, 11) is 0. The average Bonchev–Trinajstić information content (AvgIpc) is 2.72. The summed E-state index contributed by atoms with van der Waals surface area (Å²) in [5, 5.41) is 3.47. The van der Waals surface area contributed by atoms with Crippen LogP contribution in [0.5, 0.6) is 0 Å². The van der Waals surface area contributed by atoms with Crippen molar-refractivity contribution in [3.63, 3.8) is 0 Å². The lowest BCUT2D eigenvalue weighted by Gasteiger charge is -2.21. The molecule has 0 saturated carbocycles. The van der Waals surface area contributed by atoms with E-state index in [9.17, 15) is 0 Å². The highest BCUT2D eigenvalue weighted by molar-refractivity contribution is 4.74. The maximum atomic E-state index is 3.47. The van der Waals surface area contributed by atoms with Crippen molar-refractivity contribution in [1.82, 2.24) is 10.2 Å². The van der Waals surface area contributed by atoms with Crippen LogP contribution in [-0.2, 0) is 0 Å². The van der Waals surface area contributed by atoms with Gasteiger partial charge in [-0.05, 0) is 76.7 Å². The Morgan fingerprint density at radius 2 is 2.06 bits per heavy atom. The molecule has 2 heterocycles. The quantitative estimate of drug-likeness (QED) is 0.789. The molecule has 2 aliphatic rings. The Balaban J connectivity index is 1.65. The second kappa shape index (κ2) is 6.61. The van der Waals surface area contributed by atoms with Crippen LogP contribution < -0.4 is 5.32 Å². The maximum absolute atomic E-state index is 3.47. The number of rotatable bonds is 4. The van der Waals surface area contributed by atoms with E-state index in [0.29, 0.717) is 0 Å². The van der Waals surface area contributed by atoms with Crippen molar-refractivity contribution < 1.29 is 0 Å². The van der Waals surface area contributed by atoms with Gasteiger partial charge in [0.2, 0.25) is 0 Å². The lowest BCUT2D eigenvalue weighted by Crippen LogP contribution is -2.27. The van der Waals surface area contributed by atoms with Gasteiger partial charge in [-0.2, -0.15) is 0 Å². The molecule has 2 heteroatoms. The third-order valence-corrected chi connectivity index (χ3v) is 4.53. The summed E-state index contributed by atoms with van der Waals surface area (Å²) >= 11 is 0. The van der Waals surface area contributed by atoms with Gasteiger partial charge in [0.1, 0.15) is 0 Å². The van der Waals surface area contributed by atoms with Gasteiger partial charge < -0.3 is 10.2 Å². The lowest BCUT2D eigenvalue weighted by molar-refractivity contribution is 0.260. The summed E-state index contributed by atoms with van der Waals surface area (Å²) in [4.78, 5) is 2.72. The van der Waals surface area contributed by atoms with E-state index >= 15 is 0 Å². The van der Waals surface area contributed by atoms with Crippen molar-refractivity contribution in [2.24, 2.45) is 11.8 Å². The number of nitrogens with one attached hydrogen (secondary N) is 1. The van der Waals surface area contributed by atoms with E-state index in [0.717, 1.165) is 11.8 Å². The monoisotopic (exact) mass is 224 g/mol. The highest BCUT2D eigenvalue weighted by Gasteiger charge is 2.18. The molecule has 2 nitrogen and oxygen atoms in total. The number of hydrogen-bond donors (Lipinski definition) is 1. The highest BCUT2D eigenvalue weighted by atomic mass is 15.1. The van der Waals surface area contributed by atoms with Crippen LogP contribution in [0.1, 0.15) is 45.4 Å². The van der Waals surface area contributed by atoms with Crippen molar-refractivity contribution in [3.8, 4) is 0 Å². The first-order valence-electron chi connectivity index (χ1n) is 7.31. The van der Waals surface area contributed by atoms with Gasteiger partial charge in [-0.25, -0.2) is 0 Å². The molecule has 2 unspecified atom stereocenters. The predicted molar refractivity (Wildman–Crippen MR) is 69.7 cm³/mol. The fraction of sp³-hybridized carbons (Fsp3) is 1.00. The molecule has 0 aromatic rings. The van der Waals surface area contributed by atoms with Crippen LogP contribution in [0.2, 0.25) is 0 Å². The van der Waals surface area contributed by atoms with Gasteiger partial charge in [0, 0.05) is 0 Å². The topological polar surface area (TPSA) is 15.3 Å². The van der Waals surface area contributed by atoms with Crippen molar-refractivity contribution in [3.05, 3.63) is 0 Å². The van der Waals surface area contributed by atoms with Crippen LogP contribution in [0.3, 0.4) is 0 Å². The second-order valence-electron chi connectivity index (χ2n) is 5.69. The highest BCUT2D eigenvalue weighted by Crippen LogP contribution is 2.21. The summed E-state index contributed by atoms with van der Waals surface area (Å²) in [6, 6.07) is 0. The van der Waals surface area contributed by atoms with E-state index in [4.69, 9.17) is 0 Å². The minimum atomic E-state index is 0.963. The number of likely N-dealkylation sites (tertiary alicyclic amines) is 1. The maximum Gasteiger partial charge on any atom is -0.00156 e. The average molecular weight is 224 g/mol. The molecule has 1 N–H and O–H groups in total. The Morgan fingerprint density at radius 3 is 2.81 bits per heavy atom. The van der Waals surface area contributed by atoms with Gasteiger partial charge in [0.25, 0.3) is 0 Å². The zero-order valence-electron chi connectivity index (χ0n) is 10.9. The largest absolute Gasteiger partial charge is 0.316 e. The smallest absolute Gasteiger partial charge is 0.00156 e. The van der Waals surface area contributed by atoms with E-state index in [1.165, 1.54) is 71.2 Å². The Kier molecular flexibility index (Phi) is 5.11. The Hall–Kier alpha value is -0.0800. The minimum Gasteiger partial charge on any atom is -0.316 e. The fourth-order valence-corrected chi connectivity index (χ4v) is 3.18. The van der Waals surface area contributed by atoms with Crippen molar-refractivity contribution in [1.29, 1.82) is 0 Å². The first-order valence-corrected chi connectivity index (χ1v) is 7.31. The van der Waals surface area contributed by atoms with E-state index in [1.54, 1.807) is 0 Å². The normalized spacial score (nSPS) is 32.8. The second-order valence-corrected chi connectivity index (χ2v) is 5.69. The molecule has 0 amide bonds. The van der Waals surface area contributed by atoms with Gasteiger partial charge in [-0.1, -0.05) is 13.3 Å². The molecule has 2 saturated heterocycles. The van der Waals surface area contributed by atoms with Crippen LogP contribution in [0.4, 0.5) is 0 Å². The van der Waals surface area contributed by atoms with E-state index < -0.39 is 0 Å². The molecule has 2 atom stereocenters. The SMILES string of the molecule is CCC1CCCN(CCC2CCNC2)CC1. The van der Waals surface area contributed by atoms with Gasteiger partial charge in [0.05, 0.1) is 0 Å². The van der Waals surface area contributed by atoms with E-state index in [-0.39, 0.29) is 0 Å². The van der Waals surface area contributed by atoms with E-state index in [1.807, 2.05) is 0 Å². The van der Waals surface area contributed by atoms with Crippen LogP contribution in [-0.4, -0.2) is 37.6 Å². The minimum absolute atomic E-state index is 0.963. The van der Waals surface area contributed by atoms with Crippen LogP contribution in [0.15, 0.2) is 0 Å². The third kappa shape index (κ3) is 3.74. The molecule has 16 heavy (non-hydrogen) atoms. The van der Waals surface area contributed by atoms with Crippen molar-refractivity contribution >= 4 is 0 Å². The van der Waals surface area contributed by atoms with Gasteiger partial charge in [-0.15, -0.1) is 0 Å². The van der Waals surface area contributed by atoms with Crippen LogP contribution >= 0.6 is 0 Å². The fourth-order valence-electron chi connectivity index (χ4n) is 3.18.